The Morgan fingerprint density at radius 1 is 1.53 bits per heavy atom. The topological polar surface area (TPSA) is 38.5 Å². The van der Waals surface area contributed by atoms with Gasteiger partial charge in [-0.25, -0.2) is 0 Å². The number of nitrogens with zero attached hydrogens (tertiary/aromatic N) is 1. The van der Waals surface area contributed by atoms with Crippen molar-refractivity contribution in [1.82, 2.24) is 4.90 Å². The van der Waals surface area contributed by atoms with Gasteiger partial charge >= 0.3 is 0 Å². The fraction of sp³-hybridized carbons (Fsp3) is 1.00. The van der Waals surface area contributed by atoms with Gasteiger partial charge in [-0.2, -0.15) is 11.8 Å². The van der Waals surface area contributed by atoms with E-state index in [9.17, 15) is 0 Å². The Hall–Kier alpha value is 0.230. The monoisotopic (exact) mass is 260 g/mol. The maximum Gasteiger partial charge on any atom is 0.0589 e. The van der Waals surface area contributed by atoms with Crippen LogP contribution in [0.4, 0.5) is 0 Å². The Balaban J connectivity index is 2.62. The van der Waals surface area contributed by atoms with Crippen LogP contribution in [0.25, 0.3) is 0 Å². The Bertz CT molecular complexity index is 198. The van der Waals surface area contributed by atoms with Crippen LogP contribution in [-0.2, 0) is 4.74 Å². The van der Waals surface area contributed by atoms with Crippen molar-refractivity contribution in [2.45, 2.75) is 38.8 Å². The maximum absolute atomic E-state index is 6.03. The molecule has 0 aromatic rings. The summed E-state index contributed by atoms with van der Waals surface area (Å²) in [5.41, 5.74) is 6.03. The molecule has 4 heteroatoms. The van der Waals surface area contributed by atoms with Crippen LogP contribution in [-0.4, -0.2) is 55.3 Å². The first-order valence-electron chi connectivity index (χ1n) is 6.77. The second-order valence-corrected chi connectivity index (χ2v) is 6.06. The molecule has 1 aliphatic rings. The summed E-state index contributed by atoms with van der Waals surface area (Å²) in [6.45, 7) is 7.15. The summed E-state index contributed by atoms with van der Waals surface area (Å²) in [5.74, 6) is 3.36. The normalized spacial score (nSPS) is 24.2. The number of thioether (sulfide) groups is 1. The highest BCUT2D eigenvalue weighted by atomic mass is 32.2. The van der Waals surface area contributed by atoms with Crippen molar-refractivity contribution in [2.24, 2.45) is 11.7 Å². The minimum atomic E-state index is 0.537. The Kier molecular flexibility index (Phi) is 7.51. The maximum atomic E-state index is 6.03. The number of ether oxygens (including phenoxy) is 1. The lowest BCUT2D eigenvalue weighted by molar-refractivity contribution is 0.0697. The number of hydrogen-bond donors (Lipinski definition) is 1. The number of rotatable bonds is 8. The molecule has 2 N–H and O–H groups in total. The standard InChI is InChI=1S/C13H28N2OS/c1-4-11(2)15(6-7-16-3)13(9-14)12-5-8-17-10-12/h11-13H,4-10,14H2,1-3H3. The molecule has 0 saturated carbocycles. The van der Waals surface area contributed by atoms with Crippen LogP contribution in [0.2, 0.25) is 0 Å². The summed E-state index contributed by atoms with van der Waals surface area (Å²) in [6, 6.07) is 1.14. The van der Waals surface area contributed by atoms with Gasteiger partial charge in [0, 0.05) is 32.3 Å². The molecule has 3 atom stereocenters. The molecule has 0 aliphatic carbocycles. The van der Waals surface area contributed by atoms with Gasteiger partial charge in [0.1, 0.15) is 0 Å². The lowest BCUT2D eigenvalue weighted by atomic mass is 9.96. The molecular formula is C13H28N2OS. The van der Waals surface area contributed by atoms with Gasteiger partial charge in [0.15, 0.2) is 0 Å². The van der Waals surface area contributed by atoms with Gasteiger partial charge in [-0.3, -0.25) is 4.90 Å². The molecule has 3 unspecified atom stereocenters. The molecular weight excluding hydrogens is 232 g/mol. The summed E-state index contributed by atoms with van der Waals surface area (Å²) in [4.78, 5) is 2.57. The van der Waals surface area contributed by atoms with Crippen LogP contribution in [0.1, 0.15) is 26.7 Å². The van der Waals surface area contributed by atoms with Crippen molar-refractivity contribution >= 4 is 11.8 Å². The fourth-order valence-corrected chi connectivity index (χ4v) is 3.93. The van der Waals surface area contributed by atoms with Gasteiger partial charge in [-0.05, 0) is 37.2 Å². The molecule has 1 saturated heterocycles. The molecule has 0 aromatic heterocycles. The average Bonchev–Trinajstić information content (AvgIpc) is 2.87. The molecule has 0 amide bonds. The van der Waals surface area contributed by atoms with E-state index in [0.717, 1.165) is 25.6 Å². The molecule has 3 nitrogen and oxygen atoms in total. The summed E-state index contributed by atoms with van der Waals surface area (Å²) >= 11 is 2.07. The zero-order chi connectivity index (χ0) is 12.7. The summed E-state index contributed by atoms with van der Waals surface area (Å²) in [6.07, 6.45) is 2.51. The third-order valence-electron chi connectivity index (χ3n) is 3.89. The molecule has 1 heterocycles. The van der Waals surface area contributed by atoms with E-state index in [1.54, 1.807) is 7.11 Å². The minimum Gasteiger partial charge on any atom is -0.383 e. The van der Waals surface area contributed by atoms with Gasteiger partial charge in [-0.15, -0.1) is 0 Å². The van der Waals surface area contributed by atoms with Crippen LogP contribution in [0, 0.1) is 5.92 Å². The lowest BCUT2D eigenvalue weighted by Gasteiger charge is -2.38. The number of hydrogen-bond acceptors (Lipinski definition) is 4. The van der Waals surface area contributed by atoms with Crippen LogP contribution in [0.15, 0.2) is 0 Å². The highest BCUT2D eigenvalue weighted by molar-refractivity contribution is 7.99. The van der Waals surface area contributed by atoms with Crippen LogP contribution >= 0.6 is 11.8 Å². The quantitative estimate of drug-likeness (QED) is 0.722. The van der Waals surface area contributed by atoms with Gasteiger partial charge < -0.3 is 10.5 Å². The third-order valence-corrected chi connectivity index (χ3v) is 5.08. The van der Waals surface area contributed by atoms with Crippen molar-refractivity contribution in [3.8, 4) is 0 Å². The molecule has 0 spiro atoms. The Morgan fingerprint density at radius 3 is 2.76 bits per heavy atom. The highest BCUT2D eigenvalue weighted by Crippen LogP contribution is 2.29. The predicted octanol–water partition coefficient (Wildman–Crippen LogP) is 1.81. The van der Waals surface area contributed by atoms with Crippen molar-refractivity contribution in [2.75, 3.05) is 38.3 Å². The van der Waals surface area contributed by atoms with Crippen LogP contribution < -0.4 is 5.73 Å². The second kappa shape index (κ2) is 8.35. The Morgan fingerprint density at radius 2 is 2.29 bits per heavy atom. The molecule has 1 aliphatic heterocycles. The van der Waals surface area contributed by atoms with Gasteiger partial charge in [0.05, 0.1) is 6.61 Å². The largest absolute Gasteiger partial charge is 0.383 e. The molecule has 1 fully saturated rings. The van der Waals surface area contributed by atoms with Crippen LogP contribution in [0.3, 0.4) is 0 Å². The molecule has 0 bridgehead atoms. The molecule has 1 rings (SSSR count). The van der Waals surface area contributed by atoms with E-state index in [4.69, 9.17) is 10.5 Å². The predicted molar refractivity (Wildman–Crippen MR) is 76.6 cm³/mol. The van der Waals surface area contributed by atoms with E-state index in [-0.39, 0.29) is 0 Å². The second-order valence-electron chi connectivity index (χ2n) is 4.91. The number of methoxy groups -OCH3 is 1. The van der Waals surface area contributed by atoms with E-state index in [2.05, 4.69) is 30.5 Å². The average molecular weight is 260 g/mol. The van der Waals surface area contributed by atoms with Crippen LogP contribution in [0.5, 0.6) is 0 Å². The molecule has 0 aromatic carbocycles. The third kappa shape index (κ3) is 4.43. The Labute approximate surface area is 110 Å². The highest BCUT2D eigenvalue weighted by Gasteiger charge is 2.30. The fourth-order valence-electron chi connectivity index (χ4n) is 2.60. The summed E-state index contributed by atoms with van der Waals surface area (Å²) < 4.78 is 5.24. The first kappa shape index (κ1) is 15.3. The van der Waals surface area contributed by atoms with E-state index in [1.807, 2.05) is 0 Å². The van der Waals surface area contributed by atoms with E-state index < -0.39 is 0 Å². The molecule has 17 heavy (non-hydrogen) atoms. The van der Waals surface area contributed by atoms with Crippen molar-refractivity contribution in [1.29, 1.82) is 0 Å². The zero-order valence-corrected chi connectivity index (χ0v) is 12.3. The number of nitrogens with two attached hydrogens (primary N) is 1. The van der Waals surface area contributed by atoms with E-state index in [1.165, 1.54) is 24.3 Å². The van der Waals surface area contributed by atoms with E-state index >= 15 is 0 Å². The molecule has 0 radical (unpaired) electrons. The van der Waals surface area contributed by atoms with Crippen molar-refractivity contribution < 1.29 is 4.74 Å². The van der Waals surface area contributed by atoms with Crippen molar-refractivity contribution in [3.63, 3.8) is 0 Å². The van der Waals surface area contributed by atoms with Crippen molar-refractivity contribution in [3.05, 3.63) is 0 Å². The van der Waals surface area contributed by atoms with E-state index in [0.29, 0.717) is 12.1 Å². The smallest absolute Gasteiger partial charge is 0.0589 e. The lowest BCUT2D eigenvalue weighted by Crippen LogP contribution is -2.51. The van der Waals surface area contributed by atoms with Gasteiger partial charge in [0.2, 0.25) is 0 Å². The minimum absolute atomic E-state index is 0.537. The van der Waals surface area contributed by atoms with Gasteiger partial charge in [0.25, 0.3) is 0 Å². The zero-order valence-electron chi connectivity index (χ0n) is 11.5. The first-order valence-corrected chi connectivity index (χ1v) is 7.92. The summed E-state index contributed by atoms with van der Waals surface area (Å²) in [7, 11) is 1.78. The first-order chi connectivity index (χ1) is 8.24. The summed E-state index contributed by atoms with van der Waals surface area (Å²) in [5, 5.41) is 0. The SMILES string of the molecule is CCC(C)N(CCOC)C(CN)C1CCSC1. The molecule has 102 valence electrons. The van der Waals surface area contributed by atoms with Gasteiger partial charge in [-0.1, -0.05) is 6.92 Å².